The number of halogens is 2. The van der Waals surface area contributed by atoms with E-state index in [1.165, 1.54) is 12.1 Å². The third-order valence-electron chi connectivity index (χ3n) is 3.08. The molecule has 0 aliphatic carbocycles. The van der Waals surface area contributed by atoms with Gasteiger partial charge in [-0.3, -0.25) is 4.79 Å². The molecule has 20 heavy (non-hydrogen) atoms. The largest absolute Gasteiger partial charge is 0.435 e. The topological polar surface area (TPSA) is 58.6 Å². The van der Waals surface area contributed by atoms with E-state index in [9.17, 15) is 18.7 Å². The van der Waals surface area contributed by atoms with E-state index in [-0.39, 0.29) is 24.7 Å². The summed E-state index contributed by atoms with van der Waals surface area (Å²) in [5.41, 5.74) is 0.0380. The first-order valence-electron chi connectivity index (χ1n) is 6.34. The molecule has 0 fully saturated rings. The lowest BCUT2D eigenvalue weighted by atomic mass is 9.99. The highest BCUT2D eigenvalue weighted by Crippen LogP contribution is 2.15. The molecular formula is C14H19F2NO3. The molecule has 0 aromatic heterocycles. The van der Waals surface area contributed by atoms with Crippen molar-refractivity contribution in [1.82, 2.24) is 5.32 Å². The molecule has 6 heteroatoms. The number of hydrogen-bond donors (Lipinski definition) is 2. The number of carbonyl (C=O) groups excluding carboxylic acids is 1. The van der Waals surface area contributed by atoms with Crippen LogP contribution < -0.4 is 10.1 Å². The van der Waals surface area contributed by atoms with Crippen LogP contribution in [0.25, 0.3) is 0 Å². The quantitative estimate of drug-likeness (QED) is 0.807. The predicted octanol–water partition coefficient (Wildman–Crippen LogP) is 2.11. The summed E-state index contributed by atoms with van der Waals surface area (Å²) in [6.45, 7) is 0.618. The van der Waals surface area contributed by atoms with Crippen molar-refractivity contribution in [2.45, 2.75) is 38.8 Å². The van der Waals surface area contributed by atoms with Crippen molar-refractivity contribution >= 4 is 5.91 Å². The van der Waals surface area contributed by atoms with Crippen LogP contribution in [0.5, 0.6) is 5.75 Å². The average molecular weight is 287 g/mol. The van der Waals surface area contributed by atoms with Gasteiger partial charge in [0.1, 0.15) is 5.75 Å². The second-order valence-corrected chi connectivity index (χ2v) is 4.82. The number of aliphatic hydroxyl groups excluding tert-OH is 1. The summed E-state index contributed by atoms with van der Waals surface area (Å²) in [6.07, 6.45) is 0.723. The molecule has 1 aromatic rings. The SMILES string of the molecule is CCC(C)(CO)NC(=O)Cc1ccc(OC(F)F)cc1. The minimum Gasteiger partial charge on any atom is -0.435 e. The minimum atomic E-state index is -2.86. The number of nitrogens with one attached hydrogen (secondary N) is 1. The van der Waals surface area contributed by atoms with Crippen LogP contribution in [-0.2, 0) is 11.2 Å². The molecule has 0 aliphatic rings. The first-order chi connectivity index (χ1) is 9.38. The number of carbonyl (C=O) groups is 1. The fourth-order valence-electron chi connectivity index (χ4n) is 1.59. The first-order valence-corrected chi connectivity index (χ1v) is 6.34. The molecule has 0 heterocycles. The summed E-state index contributed by atoms with van der Waals surface area (Å²) < 4.78 is 28.2. The van der Waals surface area contributed by atoms with Gasteiger partial charge in [0.05, 0.1) is 18.6 Å². The standard InChI is InChI=1S/C14H19F2NO3/c1-3-14(2,9-18)17-12(19)8-10-4-6-11(7-5-10)20-13(15)16/h4-7,13,18H,3,8-9H2,1-2H3,(H,17,19). The smallest absolute Gasteiger partial charge is 0.387 e. The second kappa shape index (κ2) is 7.19. The molecule has 0 radical (unpaired) electrons. The number of rotatable bonds is 7. The lowest BCUT2D eigenvalue weighted by Gasteiger charge is -2.27. The Kier molecular flexibility index (Phi) is 5.88. The molecular weight excluding hydrogens is 268 g/mol. The summed E-state index contributed by atoms with van der Waals surface area (Å²) in [5.74, 6) is -0.177. The van der Waals surface area contributed by atoms with Gasteiger partial charge in [-0.2, -0.15) is 8.78 Å². The molecule has 0 bridgehead atoms. The Morgan fingerprint density at radius 3 is 2.45 bits per heavy atom. The van der Waals surface area contributed by atoms with Gasteiger partial charge in [-0.05, 0) is 31.0 Å². The van der Waals surface area contributed by atoms with Gasteiger partial charge in [0.15, 0.2) is 0 Å². The number of hydrogen-bond acceptors (Lipinski definition) is 3. The van der Waals surface area contributed by atoms with Crippen LogP contribution in [0.15, 0.2) is 24.3 Å². The summed E-state index contributed by atoms with van der Waals surface area (Å²) in [5, 5.41) is 12.0. The van der Waals surface area contributed by atoms with Crippen molar-refractivity contribution in [2.24, 2.45) is 0 Å². The maximum absolute atomic E-state index is 12.0. The Balaban J connectivity index is 2.58. The molecule has 2 N–H and O–H groups in total. The summed E-state index contributed by atoms with van der Waals surface area (Å²) in [4.78, 5) is 11.8. The molecule has 1 atom stereocenters. The van der Waals surface area contributed by atoms with Gasteiger partial charge in [0, 0.05) is 0 Å². The molecule has 1 amide bonds. The molecule has 4 nitrogen and oxygen atoms in total. The zero-order valence-electron chi connectivity index (χ0n) is 11.5. The van der Waals surface area contributed by atoms with Gasteiger partial charge in [0.2, 0.25) is 5.91 Å². The summed E-state index contributed by atoms with van der Waals surface area (Å²) in [7, 11) is 0. The summed E-state index contributed by atoms with van der Waals surface area (Å²) >= 11 is 0. The fourth-order valence-corrected chi connectivity index (χ4v) is 1.59. The maximum atomic E-state index is 12.0. The van der Waals surface area contributed by atoms with E-state index in [1.807, 2.05) is 6.92 Å². The van der Waals surface area contributed by atoms with Gasteiger partial charge in [-0.1, -0.05) is 19.1 Å². The van der Waals surface area contributed by atoms with Gasteiger partial charge in [0.25, 0.3) is 0 Å². The number of benzene rings is 1. The predicted molar refractivity (Wildman–Crippen MR) is 70.7 cm³/mol. The van der Waals surface area contributed by atoms with Crippen LogP contribution in [0, 0.1) is 0 Å². The Labute approximate surface area is 116 Å². The first kappa shape index (κ1) is 16.4. The lowest BCUT2D eigenvalue weighted by molar-refractivity contribution is -0.122. The van der Waals surface area contributed by atoms with Crippen molar-refractivity contribution in [3.8, 4) is 5.75 Å². The average Bonchev–Trinajstić information content (AvgIpc) is 2.40. The van der Waals surface area contributed by atoms with Crippen LogP contribution >= 0.6 is 0 Å². The minimum absolute atomic E-state index is 0.0536. The van der Waals surface area contributed by atoms with Crippen LogP contribution in [-0.4, -0.2) is 29.8 Å². The Morgan fingerprint density at radius 2 is 2.00 bits per heavy atom. The van der Waals surface area contributed by atoms with Crippen molar-refractivity contribution in [3.63, 3.8) is 0 Å². The molecule has 0 saturated heterocycles. The van der Waals surface area contributed by atoms with Crippen molar-refractivity contribution in [1.29, 1.82) is 0 Å². The Hall–Kier alpha value is -1.69. The molecule has 112 valence electrons. The Bertz CT molecular complexity index is 431. The van der Waals surface area contributed by atoms with Crippen LogP contribution in [0.3, 0.4) is 0 Å². The number of aliphatic hydroxyl groups is 1. The zero-order chi connectivity index (χ0) is 15.2. The number of amides is 1. The van der Waals surface area contributed by atoms with E-state index in [4.69, 9.17) is 0 Å². The number of alkyl halides is 2. The van der Waals surface area contributed by atoms with Crippen molar-refractivity contribution in [2.75, 3.05) is 6.61 Å². The van der Waals surface area contributed by atoms with E-state index in [0.29, 0.717) is 12.0 Å². The summed E-state index contributed by atoms with van der Waals surface area (Å²) in [6, 6.07) is 5.89. The van der Waals surface area contributed by atoms with Gasteiger partial charge in [-0.25, -0.2) is 0 Å². The normalized spacial score (nSPS) is 13.9. The zero-order valence-corrected chi connectivity index (χ0v) is 11.5. The van der Waals surface area contributed by atoms with E-state index in [2.05, 4.69) is 10.1 Å². The molecule has 0 aliphatic heterocycles. The van der Waals surface area contributed by atoms with Gasteiger partial charge in [-0.15, -0.1) is 0 Å². The van der Waals surface area contributed by atoms with Crippen LogP contribution in [0.4, 0.5) is 8.78 Å². The lowest BCUT2D eigenvalue weighted by Crippen LogP contribution is -2.48. The molecule has 1 unspecified atom stereocenters. The van der Waals surface area contributed by atoms with E-state index >= 15 is 0 Å². The van der Waals surface area contributed by atoms with Crippen molar-refractivity contribution < 1.29 is 23.4 Å². The van der Waals surface area contributed by atoms with Gasteiger partial charge < -0.3 is 15.2 Å². The molecule has 1 rings (SSSR count). The van der Waals surface area contributed by atoms with E-state index in [0.717, 1.165) is 0 Å². The molecule has 0 spiro atoms. The Morgan fingerprint density at radius 1 is 1.40 bits per heavy atom. The highest BCUT2D eigenvalue weighted by Gasteiger charge is 2.22. The van der Waals surface area contributed by atoms with Crippen molar-refractivity contribution in [3.05, 3.63) is 29.8 Å². The van der Waals surface area contributed by atoms with Crippen LogP contribution in [0.2, 0.25) is 0 Å². The number of ether oxygens (including phenoxy) is 1. The third kappa shape index (κ3) is 5.13. The third-order valence-corrected chi connectivity index (χ3v) is 3.08. The highest BCUT2D eigenvalue weighted by atomic mass is 19.3. The maximum Gasteiger partial charge on any atom is 0.387 e. The van der Waals surface area contributed by atoms with Crippen LogP contribution in [0.1, 0.15) is 25.8 Å². The van der Waals surface area contributed by atoms with E-state index < -0.39 is 12.2 Å². The highest BCUT2D eigenvalue weighted by molar-refractivity contribution is 5.79. The van der Waals surface area contributed by atoms with E-state index in [1.54, 1.807) is 19.1 Å². The molecule has 1 aromatic carbocycles. The molecule has 0 saturated carbocycles. The fraction of sp³-hybridized carbons (Fsp3) is 0.500. The monoisotopic (exact) mass is 287 g/mol. The van der Waals surface area contributed by atoms with Gasteiger partial charge >= 0.3 is 6.61 Å². The second-order valence-electron chi connectivity index (χ2n) is 4.82.